The molecule has 0 spiro atoms. The van der Waals surface area contributed by atoms with Crippen LogP contribution in [0.25, 0.3) is 0 Å². The third-order valence-electron chi connectivity index (χ3n) is 5.90. The second-order valence-corrected chi connectivity index (χ2v) is 8.34. The molecule has 4 rings (SSSR count). The van der Waals surface area contributed by atoms with Crippen molar-refractivity contribution < 1.29 is 19.1 Å². The highest BCUT2D eigenvalue weighted by atomic mass is 16.5. The van der Waals surface area contributed by atoms with Crippen molar-refractivity contribution in [1.82, 2.24) is 19.8 Å². The summed E-state index contributed by atoms with van der Waals surface area (Å²) in [5.74, 6) is 1.01. The first-order valence-corrected chi connectivity index (χ1v) is 10.9. The Balaban J connectivity index is 1.31. The van der Waals surface area contributed by atoms with Gasteiger partial charge in [0.25, 0.3) is 11.8 Å². The Hall–Kier alpha value is -3.36. The lowest BCUT2D eigenvalue weighted by Crippen LogP contribution is -2.42. The Morgan fingerprint density at radius 2 is 1.81 bits per heavy atom. The first-order chi connectivity index (χ1) is 15.5. The number of benzene rings is 1. The number of anilines is 1. The summed E-state index contributed by atoms with van der Waals surface area (Å²) in [6, 6.07) is 7.92. The van der Waals surface area contributed by atoms with Crippen molar-refractivity contribution in [1.29, 1.82) is 0 Å². The van der Waals surface area contributed by atoms with Gasteiger partial charge in [-0.15, -0.1) is 0 Å². The minimum Gasteiger partial charge on any atom is -0.477 e. The number of methoxy groups -OCH3 is 1. The molecule has 9 nitrogen and oxygen atoms in total. The van der Waals surface area contributed by atoms with E-state index in [-0.39, 0.29) is 24.6 Å². The van der Waals surface area contributed by atoms with Crippen LogP contribution in [0.15, 0.2) is 36.7 Å². The van der Waals surface area contributed by atoms with Crippen LogP contribution in [0, 0.1) is 0 Å². The lowest BCUT2D eigenvalue weighted by Gasteiger charge is -2.22. The summed E-state index contributed by atoms with van der Waals surface area (Å²) in [5, 5.41) is 0. The van der Waals surface area contributed by atoms with Crippen LogP contribution in [-0.2, 0) is 4.79 Å². The predicted octanol–water partition coefficient (Wildman–Crippen LogP) is 2.53. The van der Waals surface area contributed by atoms with Crippen LogP contribution >= 0.6 is 0 Å². The number of ether oxygens (including phenoxy) is 2. The van der Waals surface area contributed by atoms with E-state index in [1.54, 1.807) is 14.7 Å². The smallest absolute Gasteiger partial charge is 0.325 e. The van der Waals surface area contributed by atoms with E-state index >= 15 is 0 Å². The monoisotopic (exact) mass is 439 g/mol. The van der Waals surface area contributed by atoms with Crippen molar-refractivity contribution in [2.24, 2.45) is 0 Å². The van der Waals surface area contributed by atoms with Gasteiger partial charge < -0.3 is 19.3 Å². The van der Waals surface area contributed by atoms with E-state index < -0.39 is 0 Å². The highest BCUT2D eigenvalue weighted by Crippen LogP contribution is 2.25. The van der Waals surface area contributed by atoms with E-state index in [1.165, 1.54) is 25.1 Å². The van der Waals surface area contributed by atoms with Crippen molar-refractivity contribution in [2.75, 3.05) is 44.7 Å². The fourth-order valence-electron chi connectivity index (χ4n) is 4.01. The Labute approximate surface area is 187 Å². The SMILES string of the molecule is COc1nccnc1OC1CCN(C(=O)CN2CCN(c3ccc(C(C)C)cc3)C2=O)C1. The normalized spacial score (nSPS) is 18.6. The molecule has 3 heterocycles. The summed E-state index contributed by atoms with van der Waals surface area (Å²) in [7, 11) is 1.51. The van der Waals surface area contributed by atoms with Gasteiger partial charge in [0.1, 0.15) is 12.6 Å². The number of hydrogen-bond donors (Lipinski definition) is 0. The number of carbonyl (C=O) groups excluding carboxylic acids is 2. The fourth-order valence-corrected chi connectivity index (χ4v) is 4.01. The van der Waals surface area contributed by atoms with Crippen molar-refractivity contribution in [3.8, 4) is 11.8 Å². The molecule has 32 heavy (non-hydrogen) atoms. The van der Waals surface area contributed by atoms with E-state index in [0.29, 0.717) is 50.3 Å². The fraction of sp³-hybridized carbons (Fsp3) is 0.478. The molecule has 2 aliphatic heterocycles. The van der Waals surface area contributed by atoms with E-state index in [4.69, 9.17) is 9.47 Å². The summed E-state index contributed by atoms with van der Waals surface area (Å²) in [6.45, 7) is 6.48. The second-order valence-electron chi connectivity index (χ2n) is 8.34. The zero-order valence-corrected chi connectivity index (χ0v) is 18.7. The molecule has 170 valence electrons. The molecule has 9 heteroatoms. The van der Waals surface area contributed by atoms with Gasteiger partial charge in [-0.2, -0.15) is 0 Å². The van der Waals surface area contributed by atoms with Gasteiger partial charge in [-0.25, -0.2) is 14.8 Å². The third kappa shape index (κ3) is 4.61. The lowest BCUT2D eigenvalue weighted by molar-refractivity contribution is -0.130. The highest BCUT2D eigenvalue weighted by molar-refractivity contribution is 5.96. The molecule has 0 N–H and O–H groups in total. The van der Waals surface area contributed by atoms with E-state index in [1.807, 2.05) is 12.1 Å². The molecule has 0 radical (unpaired) electrons. The topological polar surface area (TPSA) is 88.1 Å². The third-order valence-corrected chi connectivity index (χ3v) is 5.90. The average Bonchev–Trinajstić information content (AvgIpc) is 3.41. The van der Waals surface area contributed by atoms with Crippen molar-refractivity contribution in [2.45, 2.75) is 32.3 Å². The zero-order valence-electron chi connectivity index (χ0n) is 18.7. The molecule has 1 aromatic heterocycles. The highest BCUT2D eigenvalue weighted by Gasteiger charge is 2.34. The Morgan fingerprint density at radius 1 is 1.09 bits per heavy atom. The lowest BCUT2D eigenvalue weighted by atomic mass is 10.0. The Morgan fingerprint density at radius 3 is 2.50 bits per heavy atom. The molecule has 2 aromatic rings. The first-order valence-electron chi connectivity index (χ1n) is 10.9. The maximum Gasteiger partial charge on any atom is 0.325 e. The predicted molar refractivity (Wildman–Crippen MR) is 119 cm³/mol. The van der Waals surface area contributed by atoms with Gasteiger partial charge in [-0.1, -0.05) is 26.0 Å². The second kappa shape index (κ2) is 9.42. The van der Waals surface area contributed by atoms with Crippen LogP contribution in [0.3, 0.4) is 0 Å². The summed E-state index contributed by atoms with van der Waals surface area (Å²) in [4.78, 5) is 39.0. The van der Waals surface area contributed by atoms with Crippen LogP contribution in [-0.4, -0.2) is 77.6 Å². The molecule has 2 fully saturated rings. The number of aromatic nitrogens is 2. The summed E-state index contributed by atoms with van der Waals surface area (Å²) in [5.41, 5.74) is 2.10. The first kappa shape index (κ1) is 21.9. The van der Waals surface area contributed by atoms with Gasteiger partial charge in [-0.3, -0.25) is 9.69 Å². The molecule has 0 aliphatic carbocycles. The number of likely N-dealkylation sites (tertiary alicyclic amines) is 1. The maximum absolute atomic E-state index is 12.9. The average molecular weight is 440 g/mol. The van der Waals surface area contributed by atoms with Crippen molar-refractivity contribution in [3.05, 3.63) is 42.2 Å². The Kier molecular flexibility index (Phi) is 6.43. The standard InChI is InChI=1S/C23H29N5O4/c1-16(2)17-4-6-18(7-5-17)28-13-12-27(23(28)30)15-20(29)26-11-8-19(14-26)32-22-21(31-3)24-9-10-25-22/h4-7,9-10,16,19H,8,11-15H2,1-3H3. The molecule has 0 bridgehead atoms. The molecule has 1 aromatic carbocycles. The largest absolute Gasteiger partial charge is 0.477 e. The molecule has 1 atom stereocenters. The molecule has 2 aliphatic rings. The van der Waals surface area contributed by atoms with E-state index in [2.05, 4.69) is 35.9 Å². The quantitative estimate of drug-likeness (QED) is 0.659. The van der Waals surface area contributed by atoms with Crippen LogP contribution in [0.2, 0.25) is 0 Å². The van der Waals surface area contributed by atoms with Gasteiger partial charge in [-0.05, 0) is 23.6 Å². The number of hydrogen-bond acceptors (Lipinski definition) is 6. The van der Waals surface area contributed by atoms with Crippen LogP contribution < -0.4 is 14.4 Å². The summed E-state index contributed by atoms with van der Waals surface area (Å²) >= 11 is 0. The molecule has 2 saturated heterocycles. The molecule has 3 amide bonds. The van der Waals surface area contributed by atoms with Crippen LogP contribution in [0.4, 0.5) is 10.5 Å². The van der Waals surface area contributed by atoms with Gasteiger partial charge in [0, 0.05) is 44.1 Å². The molecular weight excluding hydrogens is 410 g/mol. The molecule has 0 saturated carbocycles. The van der Waals surface area contributed by atoms with Crippen LogP contribution in [0.5, 0.6) is 11.8 Å². The number of rotatable bonds is 7. The van der Waals surface area contributed by atoms with Gasteiger partial charge in [0.2, 0.25) is 5.91 Å². The maximum atomic E-state index is 12.9. The van der Waals surface area contributed by atoms with E-state index in [0.717, 1.165) is 5.69 Å². The van der Waals surface area contributed by atoms with Gasteiger partial charge in [0.15, 0.2) is 0 Å². The van der Waals surface area contributed by atoms with Gasteiger partial charge >= 0.3 is 6.03 Å². The minimum atomic E-state index is -0.185. The number of carbonyl (C=O) groups is 2. The Bertz CT molecular complexity index is 965. The van der Waals surface area contributed by atoms with Crippen LogP contribution in [0.1, 0.15) is 31.7 Å². The molecule has 1 unspecified atom stereocenters. The summed E-state index contributed by atoms with van der Waals surface area (Å²) < 4.78 is 11.1. The number of urea groups is 1. The molecular formula is C23H29N5O4. The van der Waals surface area contributed by atoms with Crippen molar-refractivity contribution in [3.63, 3.8) is 0 Å². The number of nitrogens with zero attached hydrogens (tertiary/aromatic N) is 5. The minimum absolute atomic E-state index is 0.0700. The summed E-state index contributed by atoms with van der Waals surface area (Å²) in [6.07, 6.45) is 3.57. The van der Waals surface area contributed by atoms with E-state index in [9.17, 15) is 9.59 Å². The van der Waals surface area contributed by atoms with Crippen molar-refractivity contribution >= 4 is 17.6 Å². The van der Waals surface area contributed by atoms with Gasteiger partial charge in [0.05, 0.1) is 13.7 Å². The number of amides is 3. The zero-order chi connectivity index (χ0) is 22.7.